The number of Topliss-reactive ketones (excluding diaryl/α,β-unsaturated/α-hetero) is 1. The average molecular weight is 499 g/mol. The van der Waals surface area contributed by atoms with Gasteiger partial charge in [0.05, 0.1) is 24.0 Å². The van der Waals surface area contributed by atoms with Gasteiger partial charge in [0.25, 0.3) is 10.0 Å². The highest BCUT2D eigenvalue weighted by Crippen LogP contribution is 2.51. The topological polar surface area (TPSA) is 129 Å². The molecule has 182 valence electrons. The quantitative estimate of drug-likeness (QED) is 0.337. The maximum Gasteiger partial charge on any atom is 0.262 e. The third-order valence-electron chi connectivity index (χ3n) is 5.47. The van der Waals surface area contributed by atoms with E-state index in [-0.39, 0.29) is 59.2 Å². The molecule has 0 aliphatic carbocycles. The van der Waals surface area contributed by atoms with Gasteiger partial charge in [0.2, 0.25) is 18.3 Å². The first-order valence-corrected chi connectivity index (χ1v) is 12.2. The van der Waals surface area contributed by atoms with Gasteiger partial charge < -0.3 is 28.3 Å². The lowest BCUT2D eigenvalue weighted by Gasteiger charge is -2.18. The second-order valence-corrected chi connectivity index (χ2v) is 9.38. The van der Waals surface area contributed by atoms with E-state index in [4.69, 9.17) is 23.4 Å². The van der Waals surface area contributed by atoms with E-state index < -0.39 is 10.0 Å². The first-order valence-electron chi connectivity index (χ1n) is 10.7. The van der Waals surface area contributed by atoms with Crippen molar-refractivity contribution in [1.82, 2.24) is 4.98 Å². The summed E-state index contributed by atoms with van der Waals surface area (Å²) in [5.74, 6) is 1.18. The van der Waals surface area contributed by atoms with Gasteiger partial charge in [0.15, 0.2) is 17.3 Å². The van der Waals surface area contributed by atoms with E-state index in [0.717, 1.165) is 0 Å². The standard InChI is InChI=1S/C24H22N2O8S/c1-30-24-22(32-13-15(27)7-8-16-4-3-11-31-16)19(12-20-23(24)34-14-33-20)26-35(28,29)21-6-2-5-18-17(21)9-10-25-18/h2-6,9-12,25-26H,7-8,13-14H2,1H3. The molecule has 0 unspecified atom stereocenters. The Bertz CT molecular complexity index is 1470. The van der Waals surface area contributed by atoms with Crippen LogP contribution in [0.15, 0.2) is 64.2 Å². The summed E-state index contributed by atoms with van der Waals surface area (Å²) in [4.78, 5) is 15.5. The number of aryl methyl sites for hydroxylation is 1. The number of hydrogen-bond acceptors (Lipinski definition) is 8. The zero-order valence-corrected chi connectivity index (χ0v) is 19.5. The molecular weight excluding hydrogens is 476 g/mol. The van der Waals surface area contributed by atoms with Gasteiger partial charge in [-0.25, -0.2) is 8.42 Å². The van der Waals surface area contributed by atoms with Crippen molar-refractivity contribution in [3.63, 3.8) is 0 Å². The predicted octanol–water partition coefficient (Wildman–Crippen LogP) is 3.88. The Labute approximate surface area is 200 Å². The highest BCUT2D eigenvalue weighted by Gasteiger charge is 2.30. The first-order chi connectivity index (χ1) is 17.0. The number of sulfonamides is 1. The SMILES string of the molecule is COc1c(OCC(=O)CCc2ccco2)c(NS(=O)(=O)c2cccc3[nH]ccc23)cc2c1OCO2. The molecule has 0 radical (unpaired) electrons. The van der Waals surface area contributed by atoms with Crippen LogP contribution in [0.3, 0.4) is 0 Å². The molecule has 10 nitrogen and oxygen atoms in total. The number of nitrogens with one attached hydrogen (secondary N) is 2. The van der Waals surface area contributed by atoms with Crippen LogP contribution < -0.4 is 23.7 Å². The van der Waals surface area contributed by atoms with Crippen LogP contribution in [0.5, 0.6) is 23.0 Å². The van der Waals surface area contributed by atoms with E-state index >= 15 is 0 Å². The van der Waals surface area contributed by atoms with Gasteiger partial charge in [-0.3, -0.25) is 9.52 Å². The number of ether oxygens (including phenoxy) is 4. The molecule has 3 heterocycles. The monoisotopic (exact) mass is 498 g/mol. The first kappa shape index (κ1) is 22.7. The van der Waals surface area contributed by atoms with E-state index in [1.54, 1.807) is 42.8 Å². The number of anilines is 1. The number of H-pyrrole nitrogens is 1. The highest BCUT2D eigenvalue weighted by atomic mass is 32.2. The van der Waals surface area contributed by atoms with Crippen LogP contribution in [0.2, 0.25) is 0 Å². The molecule has 5 rings (SSSR count). The molecule has 0 atom stereocenters. The molecule has 0 saturated carbocycles. The number of furan rings is 1. The number of aromatic amines is 1. The number of hydrogen-bond donors (Lipinski definition) is 2. The minimum atomic E-state index is -4.05. The maximum atomic E-state index is 13.4. The van der Waals surface area contributed by atoms with E-state index in [0.29, 0.717) is 23.1 Å². The fraction of sp³-hybridized carbons (Fsp3) is 0.208. The Kier molecular flexibility index (Phi) is 6.00. The molecule has 0 saturated heterocycles. The molecule has 2 aromatic carbocycles. The summed E-state index contributed by atoms with van der Waals surface area (Å²) in [6.07, 6.45) is 3.82. The van der Waals surface area contributed by atoms with Crippen molar-refractivity contribution in [1.29, 1.82) is 0 Å². The molecule has 2 aromatic heterocycles. The van der Waals surface area contributed by atoms with Crippen LogP contribution >= 0.6 is 0 Å². The van der Waals surface area contributed by atoms with Crippen LogP contribution in [0.25, 0.3) is 10.9 Å². The van der Waals surface area contributed by atoms with Crippen LogP contribution in [0.4, 0.5) is 5.69 Å². The molecule has 35 heavy (non-hydrogen) atoms. The van der Waals surface area contributed by atoms with Gasteiger partial charge in [-0.15, -0.1) is 0 Å². The van der Waals surface area contributed by atoms with Crippen LogP contribution in [0.1, 0.15) is 12.2 Å². The molecule has 1 aliphatic heterocycles. The Morgan fingerprint density at radius 1 is 1.14 bits per heavy atom. The number of fused-ring (bicyclic) bond motifs is 2. The molecule has 2 N–H and O–H groups in total. The lowest BCUT2D eigenvalue weighted by Crippen LogP contribution is -2.17. The van der Waals surface area contributed by atoms with Gasteiger partial charge in [0.1, 0.15) is 12.4 Å². The Morgan fingerprint density at radius 3 is 2.83 bits per heavy atom. The predicted molar refractivity (Wildman–Crippen MR) is 126 cm³/mol. The fourth-order valence-corrected chi connectivity index (χ4v) is 5.11. The highest BCUT2D eigenvalue weighted by molar-refractivity contribution is 7.93. The van der Waals surface area contributed by atoms with Crippen LogP contribution in [0, 0.1) is 0 Å². The summed E-state index contributed by atoms with van der Waals surface area (Å²) in [5, 5.41) is 0.531. The van der Waals surface area contributed by atoms with Gasteiger partial charge in [-0.05, 0) is 30.3 Å². The largest absolute Gasteiger partial charge is 0.490 e. The van der Waals surface area contributed by atoms with Crippen molar-refractivity contribution in [2.75, 3.05) is 25.2 Å². The number of aromatic nitrogens is 1. The smallest absolute Gasteiger partial charge is 0.262 e. The van der Waals surface area contributed by atoms with Crippen molar-refractivity contribution in [3.8, 4) is 23.0 Å². The van der Waals surface area contributed by atoms with Crippen LogP contribution in [-0.4, -0.2) is 39.7 Å². The number of ketones is 1. The Hall–Kier alpha value is -4.12. The normalized spacial score (nSPS) is 12.6. The van der Waals surface area contributed by atoms with E-state index in [1.807, 2.05) is 0 Å². The van der Waals surface area contributed by atoms with Crippen molar-refractivity contribution in [2.45, 2.75) is 17.7 Å². The minimum Gasteiger partial charge on any atom is -0.490 e. The van der Waals surface area contributed by atoms with Crippen molar-refractivity contribution in [2.24, 2.45) is 0 Å². The second kappa shape index (κ2) is 9.26. The molecule has 0 amide bonds. The van der Waals surface area contributed by atoms with Gasteiger partial charge in [-0.2, -0.15) is 0 Å². The van der Waals surface area contributed by atoms with Gasteiger partial charge in [0, 0.05) is 36.0 Å². The molecule has 0 spiro atoms. The van der Waals surface area contributed by atoms with Crippen molar-refractivity contribution < 1.29 is 36.6 Å². The second-order valence-electron chi connectivity index (χ2n) is 7.73. The number of carbonyl (C=O) groups is 1. The summed E-state index contributed by atoms with van der Waals surface area (Å²) < 4.78 is 56.7. The lowest BCUT2D eigenvalue weighted by atomic mass is 10.2. The Morgan fingerprint density at radius 2 is 2.03 bits per heavy atom. The zero-order valence-electron chi connectivity index (χ0n) is 18.7. The fourth-order valence-electron chi connectivity index (χ4n) is 3.83. The summed E-state index contributed by atoms with van der Waals surface area (Å²) in [6.45, 7) is -0.370. The molecule has 1 aliphatic rings. The third kappa shape index (κ3) is 4.50. The van der Waals surface area contributed by atoms with Crippen molar-refractivity contribution >= 4 is 32.4 Å². The molecule has 4 aromatic rings. The number of methoxy groups -OCH3 is 1. The summed E-state index contributed by atoms with van der Waals surface area (Å²) in [5.41, 5.74) is 0.729. The minimum absolute atomic E-state index is 0.0212. The van der Waals surface area contributed by atoms with Gasteiger partial charge >= 0.3 is 0 Å². The van der Waals surface area contributed by atoms with Crippen molar-refractivity contribution in [3.05, 3.63) is 60.7 Å². The maximum absolute atomic E-state index is 13.4. The van der Waals surface area contributed by atoms with E-state index in [1.165, 1.54) is 19.2 Å². The summed E-state index contributed by atoms with van der Waals surface area (Å²) >= 11 is 0. The van der Waals surface area contributed by atoms with Gasteiger partial charge in [-0.1, -0.05) is 6.07 Å². The zero-order chi connectivity index (χ0) is 24.4. The van der Waals surface area contributed by atoms with E-state index in [9.17, 15) is 13.2 Å². The van der Waals surface area contributed by atoms with Crippen LogP contribution in [-0.2, 0) is 21.2 Å². The number of rotatable bonds is 10. The number of benzene rings is 2. The molecule has 11 heteroatoms. The molecular formula is C24H22N2O8S. The van der Waals surface area contributed by atoms with E-state index in [2.05, 4.69) is 9.71 Å². The average Bonchev–Trinajstić information content (AvgIpc) is 3.62. The number of carbonyl (C=O) groups excluding carboxylic acids is 1. The molecule has 0 fully saturated rings. The third-order valence-corrected chi connectivity index (χ3v) is 6.90. The Balaban J connectivity index is 1.45. The summed E-state index contributed by atoms with van der Waals surface area (Å²) in [6, 6.07) is 11.6. The lowest BCUT2D eigenvalue weighted by molar-refractivity contribution is -0.121. The summed E-state index contributed by atoms with van der Waals surface area (Å²) in [7, 11) is -2.66. The molecule has 0 bridgehead atoms.